The number of carbonyl (C=O) groups is 1. The summed E-state index contributed by atoms with van der Waals surface area (Å²) in [7, 11) is 3.04. The van der Waals surface area contributed by atoms with Gasteiger partial charge in [0.2, 0.25) is 0 Å². The highest BCUT2D eigenvalue weighted by molar-refractivity contribution is 7.80. The maximum absolute atomic E-state index is 12.5. The molecule has 0 bridgehead atoms. The lowest BCUT2D eigenvalue weighted by molar-refractivity contribution is 0.0601. The van der Waals surface area contributed by atoms with Crippen molar-refractivity contribution in [1.29, 1.82) is 0 Å². The maximum atomic E-state index is 12.5. The quantitative estimate of drug-likeness (QED) is 0.552. The molecular weight excluding hydrogens is 380 g/mol. The van der Waals surface area contributed by atoms with Crippen molar-refractivity contribution >= 4 is 45.3 Å². The molecule has 0 saturated heterocycles. The number of hydrogen-bond acceptors (Lipinski definition) is 5. The Balaban J connectivity index is 1.86. The summed E-state index contributed by atoms with van der Waals surface area (Å²) in [6.07, 6.45) is 6.59. The molecule has 1 heterocycles. The Morgan fingerprint density at radius 1 is 1.07 bits per heavy atom. The molecule has 0 saturated carbocycles. The first kappa shape index (κ1) is 19.6. The van der Waals surface area contributed by atoms with E-state index >= 15 is 0 Å². The van der Waals surface area contributed by atoms with Crippen molar-refractivity contribution < 1.29 is 14.3 Å². The molecule has 7 heteroatoms. The normalized spacial score (nSPS) is 13.7. The number of hydrogen-bond donors (Lipinski definition) is 2. The summed E-state index contributed by atoms with van der Waals surface area (Å²) in [6, 6.07) is 7.56. The first-order chi connectivity index (χ1) is 13.1. The smallest absolute Gasteiger partial charge is 0.341 e. The summed E-state index contributed by atoms with van der Waals surface area (Å²) < 4.78 is 10.4. The van der Waals surface area contributed by atoms with Crippen molar-refractivity contribution in [1.82, 2.24) is 0 Å². The number of methoxy groups -OCH3 is 2. The van der Waals surface area contributed by atoms with Gasteiger partial charge in [-0.05, 0) is 55.6 Å². The molecule has 1 aliphatic carbocycles. The minimum Gasteiger partial charge on any atom is -0.495 e. The van der Waals surface area contributed by atoms with Crippen LogP contribution in [0.4, 0.5) is 10.7 Å². The van der Waals surface area contributed by atoms with Gasteiger partial charge in [0.05, 0.1) is 25.5 Å². The second kappa shape index (κ2) is 9.19. The Hall–Kier alpha value is -2.12. The van der Waals surface area contributed by atoms with Gasteiger partial charge in [-0.15, -0.1) is 11.3 Å². The molecule has 0 aliphatic heterocycles. The number of esters is 1. The molecule has 2 aromatic rings. The topological polar surface area (TPSA) is 59.6 Å². The molecule has 3 rings (SSSR count). The Morgan fingerprint density at radius 2 is 1.81 bits per heavy atom. The molecule has 0 fully saturated rings. The van der Waals surface area contributed by atoms with Gasteiger partial charge >= 0.3 is 5.97 Å². The van der Waals surface area contributed by atoms with E-state index in [0.717, 1.165) is 41.9 Å². The highest BCUT2D eigenvalue weighted by atomic mass is 32.1. The third-order valence-corrected chi connectivity index (χ3v) is 6.05. The lowest BCUT2D eigenvalue weighted by Gasteiger charge is -2.13. The van der Waals surface area contributed by atoms with Crippen molar-refractivity contribution in [3.8, 4) is 5.75 Å². The van der Waals surface area contributed by atoms with E-state index in [1.165, 1.54) is 24.8 Å². The van der Waals surface area contributed by atoms with Gasteiger partial charge in [0.1, 0.15) is 10.8 Å². The number of ether oxygens (including phenoxy) is 2. The number of benzene rings is 1. The van der Waals surface area contributed by atoms with Crippen molar-refractivity contribution in [2.45, 2.75) is 38.5 Å². The number of nitrogens with one attached hydrogen (secondary N) is 2. The van der Waals surface area contributed by atoms with Crippen molar-refractivity contribution in [3.63, 3.8) is 0 Å². The van der Waals surface area contributed by atoms with Crippen LogP contribution in [0.25, 0.3) is 0 Å². The van der Waals surface area contributed by atoms with Crippen LogP contribution in [-0.4, -0.2) is 25.3 Å². The molecule has 0 spiro atoms. The fourth-order valence-corrected chi connectivity index (χ4v) is 4.89. The standard InChI is InChI=1S/C20H24N2O3S2/c1-24-15-11-8-7-10-14(15)21-20(26)22-18-17(19(23)25-2)13-9-5-3-4-6-12-16(13)27-18/h7-8,10-11H,3-6,9,12H2,1-2H3,(H2,21,22,26). The zero-order valence-electron chi connectivity index (χ0n) is 15.6. The van der Waals surface area contributed by atoms with Crippen LogP contribution in [0.1, 0.15) is 46.5 Å². The van der Waals surface area contributed by atoms with Crippen molar-refractivity contribution in [2.24, 2.45) is 0 Å². The van der Waals surface area contributed by atoms with E-state index in [0.29, 0.717) is 16.4 Å². The lowest BCUT2D eigenvalue weighted by Crippen LogP contribution is -2.20. The second-order valence-electron chi connectivity index (χ2n) is 6.39. The van der Waals surface area contributed by atoms with Crippen LogP contribution in [0.5, 0.6) is 5.75 Å². The Morgan fingerprint density at radius 3 is 2.56 bits per heavy atom. The van der Waals surface area contributed by atoms with Crippen LogP contribution in [0.2, 0.25) is 0 Å². The molecule has 1 aromatic heterocycles. The van der Waals surface area contributed by atoms with E-state index in [2.05, 4.69) is 10.6 Å². The van der Waals surface area contributed by atoms with E-state index < -0.39 is 0 Å². The predicted molar refractivity (Wildman–Crippen MR) is 114 cm³/mol. The van der Waals surface area contributed by atoms with Crippen molar-refractivity contribution in [3.05, 3.63) is 40.3 Å². The first-order valence-corrected chi connectivity index (χ1v) is 10.3. The molecule has 5 nitrogen and oxygen atoms in total. The summed E-state index contributed by atoms with van der Waals surface area (Å²) >= 11 is 7.09. The van der Waals surface area contributed by atoms with Gasteiger partial charge in [0.25, 0.3) is 0 Å². The Bertz CT molecular complexity index is 833. The fraction of sp³-hybridized carbons (Fsp3) is 0.400. The number of thiophene rings is 1. The monoisotopic (exact) mass is 404 g/mol. The predicted octanol–water partition coefficient (Wildman–Crippen LogP) is 5.01. The molecule has 2 N–H and O–H groups in total. The number of anilines is 2. The van der Waals surface area contributed by atoms with Crippen molar-refractivity contribution in [2.75, 3.05) is 24.9 Å². The van der Waals surface area contributed by atoms with E-state index in [4.69, 9.17) is 21.7 Å². The highest BCUT2D eigenvalue weighted by Crippen LogP contribution is 2.37. The Labute approximate surface area is 169 Å². The SMILES string of the molecule is COC(=O)c1c(NC(=S)Nc2ccccc2OC)sc2c1CCCCCC2. The van der Waals surface area contributed by atoms with Gasteiger partial charge in [-0.25, -0.2) is 4.79 Å². The molecular formula is C20H24N2O3S2. The summed E-state index contributed by atoms with van der Waals surface area (Å²) in [5.41, 5.74) is 2.52. The lowest BCUT2D eigenvalue weighted by atomic mass is 9.96. The Kier molecular flexibility index (Phi) is 6.68. The third-order valence-electron chi connectivity index (χ3n) is 4.64. The van der Waals surface area contributed by atoms with Gasteiger partial charge in [-0.2, -0.15) is 0 Å². The largest absolute Gasteiger partial charge is 0.495 e. The van der Waals surface area contributed by atoms with Gasteiger partial charge in [0.15, 0.2) is 5.11 Å². The van der Waals surface area contributed by atoms with Crippen LogP contribution in [-0.2, 0) is 17.6 Å². The van der Waals surface area contributed by atoms with E-state index in [-0.39, 0.29) is 5.97 Å². The minimum atomic E-state index is -0.310. The van der Waals surface area contributed by atoms with Gasteiger partial charge in [-0.3, -0.25) is 0 Å². The summed E-state index contributed by atoms with van der Waals surface area (Å²) in [4.78, 5) is 13.7. The van der Waals surface area contributed by atoms with Gasteiger partial charge < -0.3 is 20.1 Å². The number of thiocarbonyl (C=S) groups is 1. The third kappa shape index (κ3) is 4.59. The molecule has 1 aromatic carbocycles. The van der Waals surface area contributed by atoms with Crippen LogP contribution >= 0.6 is 23.6 Å². The van der Waals surface area contributed by atoms with Gasteiger partial charge in [0, 0.05) is 4.88 Å². The molecule has 27 heavy (non-hydrogen) atoms. The van der Waals surface area contributed by atoms with E-state index in [9.17, 15) is 4.79 Å². The molecule has 144 valence electrons. The zero-order valence-corrected chi connectivity index (χ0v) is 17.2. The van der Waals surface area contributed by atoms with Gasteiger partial charge in [-0.1, -0.05) is 25.0 Å². The summed E-state index contributed by atoms with van der Waals surface area (Å²) in [5.74, 6) is 0.393. The van der Waals surface area contributed by atoms with E-state index in [1.807, 2.05) is 24.3 Å². The zero-order chi connectivity index (χ0) is 19.2. The van der Waals surface area contributed by atoms with E-state index in [1.54, 1.807) is 18.4 Å². The highest BCUT2D eigenvalue weighted by Gasteiger charge is 2.25. The minimum absolute atomic E-state index is 0.310. The average Bonchev–Trinajstić information content (AvgIpc) is 2.97. The summed E-state index contributed by atoms with van der Waals surface area (Å²) in [5, 5.41) is 7.52. The molecule has 1 aliphatic rings. The number of rotatable bonds is 4. The maximum Gasteiger partial charge on any atom is 0.341 e. The number of aryl methyl sites for hydroxylation is 1. The summed E-state index contributed by atoms with van der Waals surface area (Å²) in [6.45, 7) is 0. The van der Waals surface area contributed by atoms with Crippen LogP contribution < -0.4 is 15.4 Å². The average molecular weight is 405 g/mol. The van der Waals surface area contributed by atoms with Crippen LogP contribution in [0.15, 0.2) is 24.3 Å². The van der Waals surface area contributed by atoms with Crippen LogP contribution in [0.3, 0.4) is 0 Å². The number of para-hydroxylation sites is 2. The molecule has 0 atom stereocenters. The fourth-order valence-electron chi connectivity index (χ4n) is 3.33. The number of carbonyl (C=O) groups excluding carboxylic acids is 1. The van der Waals surface area contributed by atoms with Crippen LogP contribution in [0, 0.1) is 0 Å². The number of fused-ring (bicyclic) bond motifs is 1. The second-order valence-corrected chi connectivity index (χ2v) is 7.91. The molecule has 0 amide bonds. The molecule has 0 unspecified atom stereocenters. The first-order valence-electron chi connectivity index (χ1n) is 9.08. The molecule has 0 radical (unpaired) electrons.